The van der Waals surface area contributed by atoms with Crippen molar-refractivity contribution in [1.82, 2.24) is 0 Å². The van der Waals surface area contributed by atoms with E-state index < -0.39 is 0 Å². The van der Waals surface area contributed by atoms with Crippen molar-refractivity contribution in [2.24, 2.45) is 23.7 Å². The molecule has 0 heterocycles. The maximum absolute atomic E-state index is 10.7. The van der Waals surface area contributed by atoms with Crippen LogP contribution in [0, 0.1) is 23.7 Å². The predicted octanol–water partition coefficient (Wildman–Crippen LogP) is 3.20. The van der Waals surface area contributed by atoms with Crippen molar-refractivity contribution in [3.05, 3.63) is 23.8 Å². The van der Waals surface area contributed by atoms with Gasteiger partial charge in [-0.3, -0.25) is 0 Å². The van der Waals surface area contributed by atoms with Gasteiger partial charge in [0.1, 0.15) is 0 Å². The third-order valence-electron chi connectivity index (χ3n) is 6.58. The van der Waals surface area contributed by atoms with Gasteiger partial charge in [-0.2, -0.15) is 0 Å². The number of methoxy groups -OCH3 is 3. The lowest BCUT2D eigenvalue weighted by Crippen LogP contribution is -2.25. The van der Waals surface area contributed by atoms with Gasteiger partial charge in [0.2, 0.25) is 0 Å². The van der Waals surface area contributed by atoms with Gasteiger partial charge in [-0.05, 0) is 43.9 Å². The second-order valence-electron chi connectivity index (χ2n) is 8.69. The van der Waals surface area contributed by atoms with Crippen LogP contribution < -0.4 is 0 Å². The second kappa shape index (κ2) is 20.6. The molecule has 8 atom stereocenters. The molecule has 198 valence electrons. The Kier molecular flexibility index (Phi) is 21.4. The van der Waals surface area contributed by atoms with Crippen molar-refractivity contribution in [1.29, 1.82) is 0 Å². The van der Waals surface area contributed by atoms with Crippen LogP contribution in [-0.2, 0) is 14.2 Å². The number of ether oxygens (including phenoxy) is 3. The fourth-order valence-corrected chi connectivity index (χ4v) is 4.39. The van der Waals surface area contributed by atoms with Gasteiger partial charge in [0, 0.05) is 47.9 Å². The highest BCUT2D eigenvalue weighted by molar-refractivity contribution is 5.13. The van der Waals surface area contributed by atoms with Crippen molar-refractivity contribution < 1.29 is 34.6 Å². The lowest BCUT2D eigenvalue weighted by molar-refractivity contribution is -0.00396. The number of hydrogen-bond donors (Lipinski definition) is 4. The Morgan fingerprint density at radius 1 is 0.970 bits per heavy atom. The SMILES string of the molecule is CCC(OC)C(C)C1CC1C(O)C(C)/C=C/C=C(\C)CC(CC(CO)OC)OC.CO.CO. The largest absolute Gasteiger partial charge is 0.400 e. The Morgan fingerprint density at radius 2 is 1.55 bits per heavy atom. The minimum atomic E-state index is -0.305. The summed E-state index contributed by atoms with van der Waals surface area (Å²) >= 11 is 0. The van der Waals surface area contributed by atoms with E-state index in [0.717, 1.165) is 33.5 Å². The van der Waals surface area contributed by atoms with E-state index in [9.17, 15) is 10.2 Å². The molecule has 33 heavy (non-hydrogen) atoms. The fourth-order valence-electron chi connectivity index (χ4n) is 4.39. The summed E-state index contributed by atoms with van der Waals surface area (Å²) < 4.78 is 16.3. The summed E-state index contributed by atoms with van der Waals surface area (Å²) in [5.41, 5.74) is 1.20. The summed E-state index contributed by atoms with van der Waals surface area (Å²) in [7, 11) is 7.08. The molecular formula is C26H52O7. The molecule has 0 aromatic rings. The molecular weight excluding hydrogens is 424 g/mol. The fraction of sp³-hybridized carbons (Fsp3) is 0.846. The average molecular weight is 477 g/mol. The first-order chi connectivity index (χ1) is 15.8. The molecule has 0 amide bonds. The van der Waals surface area contributed by atoms with E-state index in [1.54, 1.807) is 21.3 Å². The molecule has 1 saturated carbocycles. The van der Waals surface area contributed by atoms with Crippen molar-refractivity contribution >= 4 is 0 Å². The predicted molar refractivity (Wildman–Crippen MR) is 134 cm³/mol. The van der Waals surface area contributed by atoms with Gasteiger partial charge >= 0.3 is 0 Å². The Labute approximate surface area is 202 Å². The topological polar surface area (TPSA) is 109 Å². The van der Waals surface area contributed by atoms with Gasteiger partial charge in [-0.25, -0.2) is 0 Å². The molecule has 4 N–H and O–H groups in total. The molecule has 7 nitrogen and oxygen atoms in total. The van der Waals surface area contributed by atoms with Gasteiger partial charge in [0.25, 0.3) is 0 Å². The molecule has 1 aliphatic carbocycles. The third kappa shape index (κ3) is 13.0. The summed E-state index contributed by atoms with van der Waals surface area (Å²) in [5.74, 6) is 1.55. The van der Waals surface area contributed by atoms with Crippen LogP contribution in [0.3, 0.4) is 0 Å². The lowest BCUT2D eigenvalue weighted by Gasteiger charge is -2.23. The smallest absolute Gasteiger partial charge is 0.0826 e. The van der Waals surface area contributed by atoms with Crippen LogP contribution in [0.25, 0.3) is 0 Å². The minimum absolute atomic E-state index is 0.00140. The van der Waals surface area contributed by atoms with Crippen LogP contribution >= 0.6 is 0 Å². The van der Waals surface area contributed by atoms with E-state index in [4.69, 9.17) is 24.4 Å². The third-order valence-corrected chi connectivity index (χ3v) is 6.58. The first-order valence-corrected chi connectivity index (χ1v) is 11.9. The quantitative estimate of drug-likeness (QED) is 0.269. The standard InChI is InChI=1S/C24H44O5.2CH4O/c1-8-23(29-7)18(4)21-14-22(21)24(26)17(3)11-9-10-16(2)12-19(27-5)13-20(15-25)28-6;2*1-2/h9-11,17-26H,8,12-15H2,1-7H3;2*2H,1H3/b11-9+,16-10+;;. The summed E-state index contributed by atoms with van der Waals surface area (Å²) in [5, 5.41) is 34.0. The Morgan fingerprint density at radius 3 is 2.00 bits per heavy atom. The van der Waals surface area contributed by atoms with Crippen molar-refractivity contribution in [3.8, 4) is 0 Å². The molecule has 1 rings (SSSR count). The number of rotatable bonds is 15. The van der Waals surface area contributed by atoms with Gasteiger partial charge in [0.15, 0.2) is 0 Å². The van der Waals surface area contributed by atoms with Gasteiger partial charge < -0.3 is 34.6 Å². The van der Waals surface area contributed by atoms with Crippen LogP contribution in [0.15, 0.2) is 23.8 Å². The molecule has 1 aliphatic rings. The normalized spacial score (nSPS) is 23.4. The van der Waals surface area contributed by atoms with Gasteiger partial charge in [-0.1, -0.05) is 44.6 Å². The highest BCUT2D eigenvalue weighted by atomic mass is 16.5. The van der Waals surface area contributed by atoms with E-state index in [0.29, 0.717) is 24.2 Å². The Bertz CT molecular complexity index is 501. The van der Waals surface area contributed by atoms with Gasteiger partial charge in [-0.15, -0.1) is 0 Å². The molecule has 0 bridgehead atoms. The van der Waals surface area contributed by atoms with Crippen LogP contribution in [-0.4, -0.2) is 87.0 Å². The maximum Gasteiger partial charge on any atom is 0.0826 e. The summed E-state index contributed by atoms with van der Waals surface area (Å²) in [6.45, 7) is 8.57. The number of aliphatic hydroxyl groups is 4. The van der Waals surface area contributed by atoms with E-state index in [2.05, 4.69) is 39.8 Å². The van der Waals surface area contributed by atoms with Crippen LogP contribution in [0.4, 0.5) is 0 Å². The summed E-state index contributed by atoms with van der Waals surface area (Å²) in [6, 6.07) is 0. The van der Waals surface area contributed by atoms with Crippen LogP contribution in [0.1, 0.15) is 53.4 Å². The first-order valence-electron chi connectivity index (χ1n) is 11.9. The highest BCUT2D eigenvalue weighted by Crippen LogP contribution is 2.49. The first kappa shape index (κ1) is 34.4. The lowest BCUT2D eigenvalue weighted by atomic mass is 9.91. The molecule has 7 heteroatoms. The molecule has 0 spiro atoms. The van der Waals surface area contributed by atoms with E-state index in [-0.39, 0.29) is 36.9 Å². The summed E-state index contributed by atoms with van der Waals surface area (Å²) in [6.07, 6.45) is 9.57. The summed E-state index contributed by atoms with van der Waals surface area (Å²) in [4.78, 5) is 0. The molecule has 0 aromatic carbocycles. The van der Waals surface area contributed by atoms with E-state index in [1.807, 2.05) is 6.08 Å². The van der Waals surface area contributed by atoms with Crippen LogP contribution in [0.2, 0.25) is 0 Å². The number of allylic oxidation sites excluding steroid dienone is 2. The van der Waals surface area contributed by atoms with E-state index >= 15 is 0 Å². The molecule has 0 radical (unpaired) electrons. The molecule has 1 fully saturated rings. The second-order valence-corrected chi connectivity index (χ2v) is 8.69. The van der Waals surface area contributed by atoms with Crippen molar-refractivity contribution in [3.63, 3.8) is 0 Å². The van der Waals surface area contributed by atoms with Crippen LogP contribution in [0.5, 0.6) is 0 Å². The molecule has 0 saturated heterocycles. The van der Waals surface area contributed by atoms with Crippen molar-refractivity contribution in [2.45, 2.75) is 77.8 Å². The molecule has 0 aliphatic heterocycles. The number of aliphatic hydroxyl groups excluding tert-OH is 4. The Hall–Kier alpha value is -0.800. The minimum Gasteiger partial charge on any atom is -0.400 e. The van der Waals surface area contributed by atoms with E-state index in [1.165, 1.54) is 5.57 Å². The highest BCUT2D eigenvalue weighted by Gasteiger charge is 2.48. The zero-order chi connectivity index (χ0) is 26.0. The number of hydrogen-bond acceptors (Lipinski definition) is 7. The molecule has 0 aromatic heterocycles. The molecule has 8 unspecified atom stereocenters. The monoisotopic (exact) mass is 476 g/mol. The Balaban J connectivity index is 0. The van der Waals surface area contributed by atoms with Crippen molar-refractivity contribution in [2.75, 3.05) is 42.2 Å². The maximum atomic E-state index is 10.7. The average Bonchev–Trinajstić information content (AvgIpc) is 3.65. The zero-order valence-electron chi connectivity index (χ0n) is 22.4. The zero-order valence-corrected chi connectivity index (χ0v) is 22.4. The van der Waals surface area contributed by atoms with Gasteiger partial charge in [0.05, 0.1) is 31.0 Å².